The Morgan fingerprint density at radius 3 is 2.39 bits per heavy atom. The van der Waals surface area contributed by atoms with Crippen LogP contribution in [-0.4, -0.2) is 75.0 Å². The van der Waals surface area contributed by atoms with Gasteiger partial charge >= 0.3 is 12.1 Å². The fraction of sp³-hybridized carbons (Fsp3) is 0.389. The number of aliphatic hydroxyl groups is 1. The average molecular weight is 727 g/mol. The number of aromatic nitrogens is 3. The van der Waals surface area contributed by atoms with Gasteiger partial charge in [-0.1, -0.05) is 54.1 Å². The smallest absolute Gasteiger partial charge is 0.437 e. The maximum Gasteiger partial charge on any atom is 0.437 e. The monoisotopic (exact) mass is 726 g/mol. The second-order valence-electron chi connectivity index (χ2n) is 13.1. The summed E-state index contributed by atoms with van der Waals surface area (Å²) in [7, 11) is 2.82. The summed E-state index contributed by atoms with van der Waals surface area (Å²) in [5.74, 6) is -1.34. The van der Waals surface area contributed by atoms with E-state index in [9.17, 15) is 23.1 Å². The van der Waals surface area contributed by atoms with Crippen molar-refractivity contribution in [3.63, 3.8) is 0 Å². The van der Waals surface area contributed by atoms with Gasteiger partial charge in [0.15, 0.2) is 11.5 Å². The fourth-order valence-electron chi connectivity index (χ4n) is 6.71. The molecule has 0 bridgehead atoms. The van der Waals surface area contributed by atoms with Crippen molar-refractivity contribution in [1.82, 2.24) is 25.2 Å². The van der Waals surface area contributed by atoms with Crippen molar-refractivity contribution in [2.45, 2.75) is 63.6 Å². The van der Waals surface area contributed by atoms with Crippen molar-refractivity contribution in [3.05, 3.63) is 81.6 Å². The summed E-state index contributed by atoms with van der Waals surface area (Å²) >= 11 is 7.08. The number of methoxy groups -OCH3 is 2. The van der Waals surface area contributed by atoms with E-state index in [4.69, 9.17) is 31.2 Å². The van der Waals surface area contributed by atoms with E-state index < -0.39 is 41.3 Å². The highest BCUT2D eigenvalue weighted by molar-refractivity contribution is 6.36. The normalized spacial score (nSPS) is 17.4. The quantitative estimate of drug-likeness (QED) is 0.134. The van der Waals surface area contributed by atoms with Gasteiger partial charge in [0.25, 0.3) is 0 Å². The molecule has 51 heavy (non-hydrogen) atoms. The van der Waals surface area contributed by atoms with Crippen molar-refractivity contribution in [2.24, 2.45) is 0 Å². The van der Waals surface area contributed by atoms with E-state index in [0.717, 1.165) is 27.8 Å². The van der Waals surface area contributed by atoms with Crippen LogP contribution in [-0.2, 0) is 30.5 Å². The molecule has 2 aromatic carbocycles. The number of nitrogens with one attached hydrogen (secondary N) is 2. The number of carbonyl (C=O) groups is 1. The molecule has 6 rings (SSSR count). The van der Waals surface area contributed by atoms with Crippen LogP contribution in [0, 0.1) is 0 Å². The van der Waals surface area contributed by atoms with Crippen molar-refractivity contribution in [2.75, 3.05) is 32.6 Å². The molecular formula is C36H38ClF3N6O5. The molecule has 4 N–H and O–H groups in total. The number of ether oxygens (including phenoxy) is 2. The lowest BCUT2D eigenvalue weighted by molar-refractivity contribution is -0.141. The Morgan fingerprint density at radius 1 is 1.04 bits per heavy atom. The molecule has 15 heteroatoms. The van der Waals surface area contributed by atoms with Gasteiger partial charge in [0.05, 0.1) is 36.6 Å². The number of rotatable bonds is 12. The number of aliphatic carboxylic acids is 1. The van der Waals surface area contributed by atoms with Gasteiger partial charge < -0.3 is 25.0 Å². The number of alkyl halides is 3. The molecule has 2 aromatic heterocycles. The van der Waals surface area contributed by atoms with Crippen LogP contribution < -0.4 is 20.1 Å². The Kier molecular flexibility index (Phi) is 10.1. The molecule has 1 fully saturated rings. The summed E-state index contributed by atoms with van der Waals surface area (Å²) in [5.41, 5.74) is 3.47. The van der Waals surface area contributed by atoms with Gasteiger partial charge in [0.2, 0.25) is 11.8 Å². The molecule has 1 aliphatic carbocycles. The number of pyridine rings is 1. The van der Waals surface area contributed by atoms with E-state index in [0.29, 0.717) is 54.6 Å². The summed E-state index contributed by atoms with van der Waals surface area (Å²) in [4.78, 5) is 26.1. The Bertz CT molecular complexity index is 1950. The largest absolute Gasteiger partial charge is 0.481 e. The number of carboxylic acid groups (broad SMARTS) is 1. The van der Waals surface area contributed by atoms with Gasteiger partial charge in [-0.15, -0.1) is 0 Å². The number of likely N-dealkylation sites (tertiary alicyclic amines) is 1. The van der Waals surface area contributed by atoms with Crippen molar-refractivity contribution in [1.29, 1.82) is 0 Å². The summed E-state index contributed by atoms with van der Waals surface area (Å²) in [6, 6.07) is 13.6. The minimum Gasteiger partial charge on any atom is -0.481 e. The predicted molar refractivity (Wildman–Crippen MR) is 185 cm³/mol. The van der Waals surface area contributed by atoms with E-state index >= 15 is 0 Å². The predicted octanol–water partition coefficient (Wildman–Crippen LogP) is 6.12. The standard InChI is InChI=1S/C36H38ClF3N6O5/c1-19(34(47)48)41-15-28-33(51-4)45-31(30(42-28)36(38,39)40)43-26-14-12-22-21(7-5-8-23(22)26)24-9-6-10-25(29(24)37)27-13-11-20(32(44-27)50-3)16-46-17-35(2,49)18-46/h5-11,13,19,26,41,49H,12,14-18H2,1-4H3,(H,43,45)(H,47,48)/t19-,26-/m0/s1. The van der Waals surface area contributed by atoms with Gasteiger partial charge in [0, 0.05) is 42.9 Å². The Labute approximate surface area is 297 Å². The molecule has 4 aromatic rings. The molecule has 0 amide bonds. The first kappa shape index (κ1) is 36.3. The number of benzene rings is 2. The lowest BCUT2D eigenvalue weighted by Crippen LogP contribution is -2.59. The van der Waals surface area contributed by atoms with Gasteiger partial charge in [-0.25, -0.2) is 9.97 Å². The molecule has 0 unspecified atom stereocenters. The van der Waals surface area contributed by atoms with Crippen LogP contribution in [0.25, 0.3) is 22.4 Å². The van der Waals surface area contributed by atoms with E-state index in [1.165, 1.54) is 14.0 Å². The second-order valence-corrected chi connectivity index (χ2v) is 13.5. The van der Waals surface area contributed by atoms with Crippen molar-refractivity contribution >= 4 is 23.4 Å². The first-order chi connectivity index (χ1) is 24.2. The van der Waals surface area contributed by atoms with E-state index in [2.05, 4.69) is 25.5 Å². The highest BCUT2D eigenvalue weighted by Gasteiger charge is 2.40. The number of hydrogen-bond donors (Lipinski definition) is 4. The number of halogens is 4. The number of hydrogen-bond acceptors (Lipinski definition) is 10. The first-order valence-corrected chi connectivity index (χ1v) is 16.7. The van der Waals surface area contributed by atoms with Crippen LogP contribution in [0.15, 0.2) is 48.5 Å². The number of nitrogens with zero attached hydrogens (tertiary/aromatic N) is 4. The molecule has 270 valence electrons. The zero-order valence-electron chi connectivity index (χ0n) is 28.4. The zero-order valence-corrected chi connectivity index (χ0v) is 29.2. The molecule has 2 atom stereocenters. The molecule has 3 heterocycles. The van der Waals surface area contributed by atoms with E-state index in [1.807, 2.05) is 48.5 Å². The second kappa shape index (κ2) is 14.3. The molecule has 0 spiro atoms. The van der Waals surface area contributed by atoms with E-state index in [-0.39, 0.29) is 18.1 Å². The molecule has 0 radical (unpaired) electrons. The molecule has 2 aliphatic rings. The maximum absolute atomic E-state index is 14.3. The van der Waals surface area contributed by atoms with E-state index in [1.54, 1.807) is 14.0 Å². The summed E-state index contributed by atoms with van der Waals surface area (Å²) in [6.07, 6.45) is -3.80. The lowest BCUT2D eigenvalue weighted by atomic mass is 9.94. The fourth-order valence-corrected chi connectivity index (χ4v) is 7.04. The molecule has 11 nitrogen and oxygen atoms in total. The van der Waals surface area contributed by atoms with Crippen LogP contribution in [0.5, 0.6) is 11.8 Å². The van der Waals surface area contributed by atoms with Crippen molar-refractivity contribution in [3.8, 4) is 34.1 Å². The number of carboxylic acids is 1. The summed E-state index contributed by atoms with van der Waals surface area (Å²) < 4.78 is 53.8. The third-order valence-corrected chi connectivity index (χ3v) is 9.55. The SMILES string of the molecule is COc1nc(-c2cccc(-c3cccc4c3CC[C@@H]4Nc3nc(OC)c(CN[C@@H](C)C(=O)O)nc3C(F)(F)F)c2Cl)ccc1CN1CC(C)(O)C1. The summed E-state index contributed by atoms with van der Waals surface area (Å²) in [6.45, 7) is 4.59. The van der Waals surface area contributed by atoms with Crippen molar-refractivity contribution < 1.29 is 37.7 Å². The minimum atomic E-state index is -4.85. The van der Waals surface area contributed by atoms with Crippen LogP contribution in [0.3, 0.4) is 0 Å². The topological polar surface area (TPSA) is 142 Å². The Morgan fingerprint density at radius 2 is 1.73 bits per heavy atom. The van der Waals surface area contributed by atoms with Crippen LogP contribution in [0.1, 0.15) is 54.4 Å². The highest BCUT2D eigenvalue weighted by atomic mass is 35.5. The first-order valence-electron chi connectivity index (χ1n) is 16.3. The van der Waals surface area contributed by atoms with Crippen LogP contribution >= 0.6 is 11.6 Å². The summed E-state index contributed by atoms with van der Waals surface area (Å²) in [5, 5.41) is 25.3. The van der Waals surface area contributed by atoms with Crippen LogP contribution in [0.2, 0.25) is 5.02 Å². The third-order valence-electron chi connectivity index (χ3n) is 9.14. The number of β-amino-alcohol motifs (C(OH)–C–C–N with tert-alkyl or cyclic N) is 1. The molecule has 1 saturated heterocycles. The lowest BCUT2D eigenvalue weighted by Gasteiger charge is -2.44. The van der Waals surface area contributed by atoms with Gasteiger partial charge in [0.1, 0.15) is 11.7 Å². The molecule has 0 saturated carbocycles. The number of anilines is 1. The average Bonchev–Trinajstić information content (AvgIpc) is 3.49. The van der Waals surface area contributed by atoms with Gasteiger partial charge in [-0.3, -0.25) is 15.0 Å². The molecule has 1 aliphatic heterocycles. The number of fused-ring (bicyclic) bond motifs is 1. The third kappa shape index (κ3) is 7.59. The van der Waals surface area contributed by atoms with Crippen LogP contribution in [0.4, 0.5) is 19.0 Å². The van der Waals surface area contributed by atoms with Gasteiger partial charge in [-0.05, 0) is 49.4 Å². The molecular weight excluding hydrogens is 689 g/mol. The highest BCUT2D eigenvalue weighted by Crippen LogP contribution is 2.45. The Hall–Kier alpha value is -4.50. The Balaban J connectivity index is 1.28. The minimum absolute atomic E-state index is 0.155. The zero-order chi connectivity index (χ0) is 36.7. The maximum atomic E-state index is 14.3. The van der Waals surface area contributed by atoms with Gasteiger partial charge in [-0.2, -0.15) is 18.2 Å².